The first kappa shape index (κ1) is 26.4. The molecule has 1 unspecified atom stereocenters. The summed E-state index contributed by atoms with van der Waals surface area (Å²) in [5, 5.41) is 0.967. The van der Waals surface area contributed by atoms with Crippen LogP contribution in [-0.2, 0) is 4.79 Å². The molecule has 0 bridgehead atoms. The Kier molecular flexibility index (Phi) is 7.10. The lowest BCUT2D eigenvalue weighted by Crippen LogP contribution is -2.56. The van der Waals surface area contributed by atoms with Gasteiger partial charge in [-0.2, -0.15) is 0 Å². The molecule has 2 atom stereocenters. The molecule has 3 heterocycles. The van der Waals surface area contributed by atoms with Gasteiger partial charge in [0.2, 0.25) is 12.5 Å². The third-order valence-corrected chi connectivity index (χ3v) is 7.14. The van der Waals surface area contributed by atoms with Gasteiger partial charge >= 0.3 is 0 Å². The number of amides is 1. The summed E-state index contributed by atoms with van der Waals surface area (Å²) < 4.78 is 45.0. The van der Waals surface area contributed by atoms with Crippen molar-refractivity contribution in [1.29, 1.82) is 0 Å². The molecule has 0 saturated carbocycles. The van der Waals surface area contributed by atoms with E-state index in [0.717, 1.165) is 0 Å². The highest BCUT2D eigenvalue weighted by Gasteiger charge is 2.33. The number of carbonyl (C=O) groups is 1. The van der Waals surface area contributed by atoms with Gasteiger partial charge in [-0.05, 0) is 24.5 Å². The molecule has 11 heteroatoms. The van der Waals surface area contributed by atoms with E-state index in [9.17, 15) is 13.6 Å². The van der Waals surface area contributed by atoms with Crippen LogP contribution in [0, 0.1) is 18.2 Å². The van der Waals surface area contributed by atoms with Crippen LogP contribution in [0.1, 0.15) is 18.9 Å². The zero-order valence-electron chi connectivity index (χ0n) is 20.8. The first-order valence-corrected chi connectivity index (χ1v) is 12.5. The van der Waals surface area contributed by atoms with Gasteiger partial charge in [-0.1, -0.05) is 42.4 Å². The van der Waals surface area contributed by atoms with Crippen LogP contribution >= 0.6 is 11.6 Å². The van der Waals surface area contributed by atoms with Gasteiger partial charge in [-0.25, -0.2) is 29.7 Å². The minimum Gasteiger partial charge on any atom is -0.352 e. The Bertz CT molecular complexity index is 1670. The highest BCUT2D eigenvalue weighted by Crippen LogP contribution is 2.38. The Morgan fingerprint density at radius 2 is 2.08 bits per heavy atom. The van der Waals surface area contributed by atoms with Crippen LogP contribution < -0.4 is 4.90 Å². The topological polar surface area (TPSA) is 66.6 Å². The van der Waals surface area contributed by atoms with Crippen molar-refractivity contribution < 1.29 is 18.0 Å². The fraction of sp³-hybridized carbons (Fsp3) is 0.250. The molecule has 1 saturated heterocycles. The van der Waals surface area contributed by atoms with E-state index in [-0.39, 0.29) is 64.4 Å². The zero-order valence-corrected chi connectivity index (χ0v) is 21.6. The summed E-state index contributed by atoms with van der Waals surface area (Å²) in [6, 6.07) is 7.29. The third kappa shape index (κ3) is 4.63. The number of benzene rings is 2. The molecule has 0 spiro atoms. The summed E-state index contributed by atoms with van der Waals surface area (Å²) >= 11 is 6.27. The van der Waals surface area contributed by atoms with Gasteiger partial charge in [0.05, 0.1) is 10.4 Å². The fourth-order valence-electron chi connectivity index (χ4n) is 4.89. The van der Waals surface area contributed by atoms with Gasteiger partial charge in [0.25, 0.3) is 0 Å². The smallest absolute Gasteiger partial charge is 0.246 e. The van der Waals surface area contributed by atoms with E-state index in [1.807, 2.05) is 0 Å². The number of halogens is 4. The molecule has 198 valence electrons. The van der Waals surface area contributed by atoms with Crippen molar-refractivity contribution in [3.05, 3.63) is 83.1 Å². The van der Waals surface area contributed by atoms with Crippen LogP contribution in [0.5, 0.6) is 0 Å². The zero-order chi connectivity index (χ0) is 27.8. The fourth-order valence-corrected chi connectivity index (χ4v) is 5.16. The molecule has 2 aromatic heterocycles. The second-order valence-electron chi connectivity index (χ2n) is 9.15. The van der Waals surface area contributed by atoms with E-state index in [4.69, 9.17) is 18.2 Å². The average Bonchev–Trinajstić information content (AvgIpc) is 2.94. The Morgan fingerprint density at radius 1 is 1.28 bits per heavy atom. The molecule has 0 aliphatic carbocycles. The van der Waals surface area contributed by atoms with Crippen LogP contribution in [0.15, 0.2) is 49.2 Å². The number of piperazine rings is 1. The molecule has 1 amide bonds. The second kappa shape index (κ2) is 10.5. The molecular weight excluding hydrogens is 529 g/mol. The van der Waals surface area contributed by atoms with E-state index in [2.05, 4.69) is 26.4 Å². The molecule has 1 aliphatic rings. The minimum absolute atomic E-state index is 0.0423. The molecule has 5 rings (SSSR count). The molecule has 4 aromatic rings. The molecule has 39 heavy (non-hydrogen) atoms. The molecule has 2 aromatic carbocycles. The van der Waals surface area contributed by atoms with E-state index in [1.165, 1.54) is 25.3 Å². The van der Waals surface area contributed by atoms with Gasteiger partial charge in [0, 0.05) is 36.8 Å². The summed E-state index contributed by atoms with van der Waals surface area (Å²) in [5.74, 6) is -1.75. The summed E-state index contributed by atoms with van der Waals surface area (Å²) in [6.07, 6.45) is 0.988. The molecule has 1 aliphatic heterocycles. The summed E-state index contributed by atoms with van der Waals surface area (Å²) in [7, 11) is 0. The minimum atomic E-state index is -1.60. The third-order valence-electron chi connectivity index (χ3n) is 6.77. The predicted molar refractivity (Wildman–Crippen MR) is 144 cm³/mol. The van der Waals surface area contributed by atoms with Crippen LogP contribution in [0.25, 0.3) is 37.8 Å². The summed E-state index contributed by atoms with van der Waals surface area (Å²) in [4.78, 5) is 32.1. The van der Waals surface area contributed by atoms with E-state index in [1.54, 1.807) is 34.1 Å². The van der Waals surface area contributed by atoms with Gasteiger partial charge in [-0.15, -0.1) is 0 Å². The van der Waals surface area contributed by atoms with Crippen molar-refractivity contribution in [3.8, 4) is 11.3 Å². The number of pyridine rings is 1. The summed E-state index contributed by atoms with van der Waals surface area (Å²) in [6.45, 7) is 12.9. The maximum absolute atomic E-state index is 16.2. The van der Waals surface area contributed by atoms with Crippen LogP contribution in [0.2, 0.25) is 5.02 Å². The van der Waals surface area contributed by atoms with Gasteiger partial charge in [-0.3, -0.25) is 9.78 Å². The normalized spacial score (nSPS) is 16.4. The predicted octanol–water partition coefficient (Wildman–Crippen LogP) is 5.93. The van der Waals surface area contributed by atoms with Gasteiger partial charge in [0.15, 0.2) is 17.8 Å². The number of fused-ring (bicyclic) bond motifs is 2. The van der Waals surface area contributed by atoms with E-state index >= 15 is 4.39 Å². The van der Waals surface area contributed by atoms with Crippen molar-refractivity contribution in [3.63, 3.8) is 0 Å². The number of carbonyl (C=O) groups excluding carboxylic acids is 1. The van der Waals surface area contributed by atoms with Gasteiger partial charge < -0.3 is 14.6 Å². The lowest BCUT2D eigenvalue weighted by Gasteiger charge is -2.39. The van der Waals surface area contributed by atoms with Crippen molar-refractivity contribution in [2.75, 3.05) is 31.1 Å². The second-order valence-corrected chi connectivity index (χ2v) is 9.52. The van der Waals surface area contributed by atoms with E-state index in [0.29, 0.717) is 17.3 Å². The number of nitrogens with zero attached hydrogens (tertiary/aromatic N) is 6. The molecule has 7 nitrogen and oxygen atoms in total. The number of aromatic nitrogens is 3. The maximum Gasteiger partial charge on any atom is 0.246 e. The lowest BCUT2D eigenvalue weighted by atomic mass is 10.0. The quantitative estimate of drug-likeness (QED) is 0.228. The Balaban J connectivity index is 1.68. The number of hydrogen-bond donors (Lipinski definition) is 0. The highest BCUT2D eigenvalue weighted by atomic mass is 35.5. The van der Waals surface area contributed by atoms with Crippen molar-refractivity contribution >= 4 is 45.0 Å². The first-order chi connectivity index (χ1) is 18.7. The standard InChI is InChI=1S/C28H22ClF3N6O/c1-4-21(39)38-11-10-37(14-17(38)12-33-3)28-19-13-34-25(24(32)26(19)35-27(36-28)15(2)30)18-7-5-6-16-8-9-20(31)23(29)22(16)18/h4-9,13,15,17H,1,10-12,14H2,2H3/t15?,17-/m0/s1. The Labute approximate surface area is 227 Å². The molecule has 1 fully saturated rings. The van der Waals surface area contributed by atoms with Crippen molar-refractivity contribution in [1.82, 2.24) is 19.9 Å². The molecular formula is C28H22ClF3N6O. The monoisotopic (exact) mass is 550 g/mol. The Morgan fingerprint density at radius 3 is 2.79 bits per heavy atom. The van der Waals surface area contributed by atoms with Crippen LogP contribution in [0.4, 0.5) is 19.0 Å². The van der Waals surface area contributed by atoms with Crippen LogP contribution in [-0.4, -0.2) is 58.0 Å². The number of hydrogen-bond acceptors (Lipinski definition) is 5. The largest absolute Gasteiger partial charge is 0.352 e. The number of anilines is 1. The lowest BCUT2D eigenvalue weighted by molar-refractivity contribution is -0.128. The van der Waals surface area contributed by atoms with Gasteiger partial charge in [0.1, 0.15) is 28.9 Å². The van der Waals surface area contributed by atoms with Crippen molar-refractivity contribution in [2.24, 2.45) is 0 Å². The molecule has 0 N–H and O–H groups in total. The maximum atomic E-state index is 16.2. The average molecular weight is 551 g/mol. The highest BCUT2D eigenvalue weighted by molar-refractivity contribution is 6.36. The number of alkyl halides is 1. The van der Waals surface area contributed by atoms with Crippen molar-refractivity contribution in [2.45, 2.75) is 19.1 Å². The summed E-state index contributed by atoms with van der Waals surface area (Å²) in [5.41, 5.74) is -0.00423. The van der Waals surface area contributed by atoms with Crippen LogP contribution in [0.3, 0.4) is 0 Å². The number of rotatable bonds is 5. The molecule has 0 radical (unpaired) electrons. The first-order valence-electron chi connectivity index (χ1n) is 12.1. The Hall–Kier alpha value is -4.23. The van der Waals surface area contributed by atoms with E-state index < -0.39 is 23.8 Å². The SMILES string of the molecule is [C-]#[N+]C[C@H]1CN(c2nc(C(C)F)nc3c(F)c(-c4cccc5ccc(F)c(Cl)c45)ncc23)CCN1C(=O)C=C.